The van der Waals surface area contributed by atoms with Gasteiger partial charge in [0.15, 0.2) is 0 Å². The van der Waals surface area contributed by atoms with Crippen molar-refractivity contribution in [2.45, 2.75) is 29.6 Å². The third kappa shape index (κ3) is 7.06. The van der Waals surface area contributed by atoms with Crippen molar-refractivity contribution in [3.8, 4) is 0 Å². The number of likely N-dealkylation sites (N-methyl/N-ethyl adjacent to an activating group) is 1. The Morgan fingerprint density at radius 1 is 1.14 bits per heavy atom. The van der Waals surface area contributed by atoms with Crippen molar-refractivity contribution in [3.05, 3.63) is 46.6 Å². The lowest BCUT2D eigenvalue weighted by Gasteiger charge is -2.40. The summed E-state index contributed by atoms with van der Waals surface area (Å²) in [5.74, 6) is -0.0169. The number of sulfonamides is 1. The average Bonchev–Trinajstić information content (AvgIpc) is 3.61. The molecule has 0 N–H and O–H groups in total. The van der Waals surface area contributed by atoms with E-state index in [-0.39, 0.29) is 42.1 Å². The molecule has 43 heavy (non-hydrogen) atoms. The molecule has 0 saturated carbocycles. The van der Waals surface area contributed by atoms with Gasteiger partial charge in [-0.05, 0) is 30.6 Å². The Kier molecular flexibility index (Phi) is 10.1. The molecule has 0 bridgehead atoms. The molecule has 0 radical (unpaired) electrons. The van der Waals surface area contributed by atoms with E-state index >= 15 is 0 Å². The molecule has 4 heterocycles. The molecular formula is C28H36ClN5O7S2. The third-order valence-corrected chi connectivity index (χ3v) is 11.5. The molecule has 1 fully saturated rings. The molecule has 3 aromatic rings. The van der Waals surface area contributed by atoms with Gasteiger partial charge in [-0.1, -0.05) is 17.7 Å². The molecule has 0 spiro atoms. The minimum Gasteiger partial charge on any atom is -0.436 e. The molecular weight excluding hydrogens is 618 g/mol. The number of rotatable bonds is 11. The Morgan fingerprint density at radius 2 is 1.88 bits per heavy atom. The van der Waals surface area contributed by atoms with E-state index in [4.69, 9.17) is 25.5 Å². The van der Waals surface area contributed by atoms with Crippen molar-refractivity contribution in [1.82, 2.24) is 24.0 Å². The summed E-state index contributed by atoms with van der Waals surface area (Å²) in [5, 5.41) is 1.28. The lowest BCUT2D eigenvalue weighted by atomic mass is 10.1. The fourth-order valence-corrected chi connectivity index (χ4v) is 8.78. The molecule has 2 aliphatic rings. The van der Waals surface area contributed by atoms with Crippen molar-refractivity contribution in [3.63, 3.8) is 0 Å². The van der Waals surface area contributed by atoms with Crippen molar-refractivity contribution in [2.24, 2.45) is 0 Å². The molecule has 5 rings (SSSR count). The number of benzene rings is 1. The summed E-state index contributed by atoms with van der Waals surface area (Å²) in [6, 6.07) is 6.04. The summed E-state index contributed by atoms with van der Waals surface area (Å²) in [6.07, 6.45) is 0.560. The first-order valence-electron chi connectivity index (χ1n) is 14.0. The Morgan fingerprint density at radius 3 is 2.60 bits per heavy atom. The highest BCUT2D eigenvalue weighted by Gasteiger charge is 2.41. The minimum atomic E-state index is -4.01. The van der Waals surface area contributed by atoms with E-state index < -0.39 is 22.0 Å². The van der Waals surface area contributed by atoms with E-state index in [1.807, 2.05) is 7.05 Å². The maximum Gasteiger partial charge on any atom is 0.309 e. The summed E-state index contributed by atoms with van der Waals surface area (Å²) >= 11 is 7.27. The fraction of sp³-hybridized carbons (Fsp3) is 0.536. The van der Waals surface area contributed by atoms with Gasteiger partial charge in [0.25, 0.3) is 15.9 Å². The number of fused-ring (bicyclic) bond motifs is 2. The number of thiophene rings is 1. The molecule has 1 aromatic carbocycles. The molecule has 2 aromatic heterocycles. The minimum absolute atomic E-state index is 0.00937. The zero-order valence-corrected chi connectivity index (χ0v) is 26.8. The molecule has 2 amide bonds. The molecule has 15 heteroatoms. The van der Waals surface area contributed by atoms with Crippen molar-refractivity contribution in [2.75, 3.05) is 73.7 Å². The molecule has 12 nitrogen and oxygen atoms in total. The van der Waals surface area contributed by atoms with Crippen LogP contribution in [0.15, 0.2) is 32.9 Å². The monoisotopic (exact) mass is 653 g/mol. The van der Waals surface area contributed by atoms with Crippen LogP contribution in [0.3, 0.4) is 0 Å². The van der Waals surface area contributed by atoms with Crippen molar-refractivity contribution in [1.29, 1.82) is 0 Å². The van der Waals surface area contributed by atoms with Crippen LogP contribution < -0.4 is 0 Å². The normalized spacial score (nSPS) is 18.2. The van der Waals surface area contributed by atoms with Crippen LogP contribution in [0.4, 0.5) is 0 Å². The van der Waals surface area contributed by atoms with Crippen molar-refractivity contribution < 1.29 is 31.9 Å². The maximum atomic E-state index is 14.1. The first-order chi connectivity index (χ1) is 20.6. The van der Waals surface area contributed by atoms with Crippen LogP contribution in [-0.4, -0.2) is 124 Å². The SMILES string of the molecule is COCCN(CCOC)C(=O)CC1CN(C(=O)c2nc3c(o2)CN(C)CC3)CCN1S(=O)(=O)c1cc2ccc(Cl)cc2s1. The Hall–Kier alpha value is -2.59. The van der Waals surface area contributed by atoms with Gasteiger partial charge in [-0.15, -0.1) is 11.3 Å². The quantitative estimate of drug-likeness (QED) is 0.307. The summed E-state index contributed by atoms with van der Waals surface area (Å²) in [6.45, 7) is 2.84. The third-order valence-electron chi connectivity index (χ3n) is 7.74. The second kappa shape index (κ2) is 13.6. The van der Waals surface area contributed by atoms with Crippen molar-refractivity contribution >= 4 is 54.9 Å². The van der Waals surface area contributed by atoms with Gasteiger partial charge in [-0.3, -0.25) is 14.5 Å². The van der Waals surface area contributed by atoms with Gasteiger partial charge in [0, 0.05) is 76.1 Å². The van der Waals surface area contributed by atoms with E-state index in [2.05, 4.69) is 9.88 Å². The average molecular weight is 654 g/mol. The maximum absolute atomic E-state index is 14.1. The number of carbonyl (C=O) groups excluding carboxylic acids is 2. The first-order valence-corrected chi connectivity index (χ1v) is 16.7. The number of ether oxygens (including phenoxy) is 2. The molecule has 1 unspecified atom stereocenters. The van der Waals surface area contributed by atoms with E-state index in [0.717, 1.165) is 33.7 Å². The lowest BCUT2D eigenvalue weighted by Crippen LogP contribution is -2.57. The van der Waals surface area contributed by atoms with Crippen LogP contribution in [0.2, 0.25) is 5.02 Å². The van der Waals surface area contributed by atoms with E-state index in [1.165, 1.54) is 9.21 Å². The smallest absolute Gasteiger partial charge is 0.309 e. The largest absolute Gasteiger partial charge is 0.436 e. The topological polar surface area (TPSA) is 126 Å². The Labute approximate surface area is 260 Å². The highest BCUT2D eigenvalue weighted by atomic mass is 35.5. The molecule has 0 aliphatic carbocycles. The Balaban J connectivity index is 1.42. The van der Waals surface area contributed by atoms with Crippen LogP contribution in [0, 0.1) is 0 Å². The second-order valence-electron chi connectivity index (χ2n) is 10.7. The number of carbonyl (C=O) groups is 2. The van der Waals surface area contributed by atoms with Gasteiger partial charge >= 0.3 is 5.91 Å². The second-order valence-corrected chi connectivity index (χ2v) is 14.4. The van der Waals surface area contributed by atoms with Crippen LogP contribution in [-0.2, 0) is 37.3 Å². The highest BCUT2D eigenvalue weighted by Crippen LogP contribution is 2.34. The van der Waals surface area contributed by atoms with E-state index in [1.54, 1.807) is 43.4 Å². The van der Waals surface area contributed by atoms with Gasteiger partial charge < -0.3 is 23.7 Å². The molecule has 1 saturated heterocycles. The van der Waals surface area contributed by atoms with Gasteiger partial charge in [-0.2, -0.15) is 4.31 Å². The van der Waals surface area contributed by atoms with Crippen LogP contribution in [0.5, 0.6) is 0 Å². The highest BCUT2D eigenvalue weighted by molar-refractivity contribution is 7.91. The number of oxazole rings is 1. The summed E-state index contributed by atoms with van der Waals surface area (Å²) in [4.78, 5) is 36.8. The number of aromatic nitrogens is 1. The summed E-state index contributed by atoms with van der Waals surface area (Å²) in [7, 11) is 1.07. The Bertz CT molecular complexity index is 1570. The molecule has 234 valence electrons. The van der Waals surface area contributed by atoms with Crippen LogP contribution >= 0.6 is 22.9 Å². The summed E-state index contributed by atoms with van der Waals surface area (Å²) in [5.41, 5.74) is 0.770. The predicted octanol–water partition coefficient (Wildman–Crippen LogP) is 2.56. The zero-order valence-electron chi connectivity index (χ0n) is 24.5. The number of amides is 2. The van der Waals surface area contributed by atoms with Gasteiger partial charge in [-0.25, -0.2) is 13.4 Å². The number of hydrogen-bond donors (Lipinski definition) is 0. The van der Waals surface area contributed by atoms with Gasteiger partial charge in [0.2, 0.25) is 5.91 Å². The van der Waals surface area contributed by atoms with Crippen LogP contribution in [0.1, 0.15) is 28.6 Å². The van der Waals surface area contributed by atoms with Crippen LogP contribution in [0.25, 0.3) is 10.1 Å². The number of methoxy groups -OCH3 is 2. The number of halogens is 1. The van der Waals surface area contributed by atoms with E-state index in [0.29, 0.717) is 50.1 Å². The number of nitrogens with zero attached hydrogens (tertiary/aromatic N) is 5. The van der Waals surface area contributed by atoms with Gasteiger partial charge in [0.05, 0.1) is 31.5 Å². The zero-order chi connectivity index (χ0) is 30.7. The molecule has 1 atom stereocenters. The summed E-state index contributed by atoms with van der Waals surface area (Å²) < 4.78 is 46.6. The predicted molar refractivity (Wildman–Crippen MR) is 162 cm³/mol. The number of piperazine rings is 1. The lowest BCUT2D eigenvalue weighted by molar-refractivity contribution is -0.133. The first kappa shape index (κ1) is 31.8. The fourth-order valence-electron chi connectivity index (χ4n) is 5.37. The molecule has 2 aliphatic heterocycles. The number of hydrogen-bond acceptors (Lipinski definition) is 10. The standard InChI is InChI=1S/C28H36ClN5O7S2/c1-31-7-6-22-23(18-31)41-27(30-22)28(36)33-8-9-34(21(17-33)16-25(35)32(10-12-39-2)11-13-40-3)43(37,38)26-14-19-4-5-20(29)15-24(19)42-26/h4-5,14-15,21H,6-13,16-18H2,1-3H3. The van der Waals surface area contributed by atoms with Gasteiger partial charge in [0.1, 0.15) is 9.97 Å². The van der Waals surface area contributed by atoms with E-state index in [9.17, 15) is 18.0 Å².